The molecule has 1 aromatic rings. The number of hydrogen-bond acceptors (Lipinski definition) is 3. The number of nitrogens with one attached hydrogen (secondary N) is 2. The zero-order valence-electron chi connectivity index (χ0n) is 14.3. The summed E-state index contributed by atoms with van der Waals surface area (Å²) in [4.78, 5) is 25.9. The molecule has 1 aromatic carbocycles. The number of benzene rings is 1. The summed E-state index contributed by atoms with van der Waals surface area (Å²) in [6, 6.07) is 9.56. The molecular formula is C18H28ClN3O2. The van der Waals surface area contributed by atoms with Crippen LogP contribution in [0.5, 0.6) is 0 Å². The molecule has 1 saturated heterocycles. The Labute approximate surface area is 150 Å². The van der Waals surface area contributed by atoms with E-state index >= 15 is 0 Å². The third kappa shape index (κ3) is 6.89. The van der Waals surface area contributed by atoms with Crippen LogP contribution in [0.4, 0.5) is 0 Å². The average Bonchev–Trinajstić information content (AvgIpc) is 2.59. The van der Waals surface area contributed by atoms with Gasteiger partial charge in [0, 0.05) is 13.1 Å². The summed E-state index contributed by atoms with van der Waals surface area (Å²) in [5, 5.41) is 6.10. The second kappa shape index (κ2) is 11.0. The molecule has 5 nitrogen and oxygen atoms in total. The number of carbonyl (C=O) groups excluding carboxylic acids is 2. The largest absolute Gasteiger partial charge is 0.347 e. The monoisotopic (exact) mass is 353 g/mol. The molecule has 0 bridgehead atoms. The van der Waals surface area contributed by atoms with Crippen molar-refractivity contribution in [1.82, 2.24) is 15.5 Å². The number of hydrogen-bond donors (Lipinski definition) is 2. The Morgan fingerprint density at radius 3 is 2.46 bits per heavy atom. The van der Waals surface area contributed by atoms with Crippen LogP contribution in [0.2, 0.25) is 0 Å². The lowest BCUT2D eigenvalue weighted by atomic mass is 9.97. The number of likely N-dealkylation sites (tertiary alicyclic amines) is 1. The van der Waals surface area contributed by atoms with Gasteiger partial charge < -0.3 is 15.5 Å². The van der Waals surface area contributed by atoms with E-state index in [2.05, 4.69) is 17.6 Å². The van der Waals surface area contributed by atoms with Gasteiger partial charge in [0.2, 0.25) is 11.8 Å². The number of carbonyl (C=O) groups is 2. The van der Waals surface area contributed by atoms with Crippen molar-refractivity contribution < 1.29 is 9.59 Å². The second-order valence-corrected chi connectivity index (χ2v) is 6.07. The van der Waals surface area contributed by atoms with E-state index in [4.69, 9.17) is 0 Å². The van der Waals surface area contributed by atoms with Gasteiger partial charge in [-0.3, -0.25) is 9.59 Å². The highest BCUT2D eigenvalue weighted by Crippen LogP contribution is 2.16. The van der Waals surface area contributed by atoms with Gasteiger partial charge in [-0.1, -0.05) is 37.3 Å². The fourth-order valence-corrected chi connectivity index (χ4v) is 2.86. The van der Waals surface area contributed by atoms with Gasteiger partial charge in [0.15, 0.2) is 0 Å². The average molecular weight is 354 g/mol. The van der Waals surface area contributed by atoms with Crippen molar-refractivity contribution in [1.29, 1.82) is 0 Å². The van der Waals surface area contributed by atoms with Crippen LogP contribution in [-0.2, 0) is 16.0 Å². The minimum Gasteiger partial charge on any atom is -0.347 e. The molecule has 1 aliphatic rings. The van der Waals surface area contributed by atoms with Gasteiger partial charge in [-0.15, -0.1) is 12.4 Å². The van der Waals surface area contributed by atoms with Gasteiger partial charge in [-0.2, -0.15) is 0 Å². The Morgan fingerprint density at radius 2 is 1.83 bits per heavy atom. The summed E-state index contributed by atoms with van der Waals surface area (Å²) in [5.74, 6) is 0.576. The van der Waals surface area contributed by atoms with Crippen LogP contribution in [0.15, 0.2) is 30.3 Å². The maximum atomic E-state index is 12.2. The summed E-state index contributed by atoms with van der Waals surface area (Å²) in [5.41, 5.74) is 0.960. The van der Waals surface area contributed by atoms with Crippen molar-refractivity contribution in [2.75, 3.05) is 32.7 Å². The second-order valence-electron chi connectivity index (χ2n) is 6.07. The van der Waals surface area contributed by atoms with Crippen LogP contribution in [-0.4, -0.2) is 49.4 Å². The smallest absolute Gasteiger partial charge is 0.241 e. The van der Waals surface area contributed by atoms with Gasteiger partial charge >= 0.3 is 0 Å². The topological polar surface area (TPSA) is 61.4 Å². The van der Waals surface area contributed by atoms with E-state index in [1.807, 2.05) is 35.2 Å². The minimum absolute atomic E-state index is 0. The predicted molar refractivity (Wildman–Crippen MR) is 98.3 cm³/mol. The molecule has 0 aliphatic carbocycles. The van der Waals surface area contributed by atoms with E-state index in [1.54, 1.807) is 0 Å². The lowest BCUT2D eigenvalue weighted by Gasteiger charge is -2.32. The maximum absolute atomic E-state index is 12.2. The molecule has 1 fully saturated rings. The third-order valence-corrected chi connectivity index (χ3v) is 4.29. The van der Waals surface area contributed by atoms with Crippen molar-refractivity contribution in [2.45, 2.75) is 26.2 Å². The zero-order valence-corrected chi connectivity index (χ0v) is 15.1. The fraction of sp³-hybridized carbons (Fsp3) is 0.556. The van der Waals surface area contributed by atoms with E-state index in [9.17, 15) is 9.59 Å². The standard InChI is InChI=1S/C18H27N3O2.ClH/c1-2-19-13-16-8-10-21(11-9-16)18(23)14-20-17(22)12-15-6-4-3-5-7-15;/h3-7,16,19H,2,8-14H2,1H3,(H,20,22);1H. The Hall–Kier alpha value is -1.59. The van der Waals surface area contributed by atoms with E-state index in [1.165, 1.54) is 0 Å². The Morgan fingerprint density at radius 1 is 1.17 bits per heavy atom. The first kappa shape index (κ1) is 20.5. The van der Waals surface area contributed by atoms with Crippen LogP contribution < -0.4 is 10.6 Å². The molecule has 1 aliphatic heterocycles. The van der Waals surface area contributed by atoms with Gasteiger partial charge in [-0.25, -0.2) is 0 Å². The van der Waals surface area contributed by atoms with Crippen LogP contribution in [0.25, 0.3) is 0 Å². The van der Waals surface area contributed by atoms with Gasteiger partial charge in [0.05, 0.1) is 13.0 Å². The highest BCUT2D eigenvalue weighted by Gasteiger charge is 2.22. The highest BCUT2D eigenvalue weighted by atomic mass is 35.5. The van der Waals surface area contributed by atoms with Crippen molar-refractivity contribution in [3.05, 3.63) is 35.9 Å². The molecule has 0 aromatic heterocycles. The minimum atomic E-state index is -0.105. The SMILES string of the molecule is CCNCC1CCN(C(=O)CNC(=O)Cc2ccccc2)CC1.Cl. The highest BCUT2D eigenvalue weighted by molar-refractivity contribution is 5.86. The predicted octanol–water partition coefficient (Wildman–Crippen LogP) is 1.62. The van der Waals surface area contributed by atoms with E-state index < -0.39 is 0 Å². The normalized spacial score (nSPS) is 14.8. The molecule has 2 amide bonds. The van der Waals surface area contributed by atoms with Gasteiger partial charge in [-0.05, 0) is 37.4 Å². The molecular weight excluding hydrogens is 326 g/mol. The Balaban J connectivity index is 0.00000288. The summed E-state index contributed by atoms with van der Waals surface area (Å²) in [6.45, 7) is 5.83. The molecule has 0 spiro atoms. The molecule has 0 saturated carbocycles. The van der Waals surface area contributed by atoms with Crippen LogP contribution in [0, 0.1) is 5.92 Å². The molecule has 134 valence electrons. The van der Waals surface area contributed by atoms with Crippen LogP contribution >= 0.6 is 12.4 Å². The lowest BCUT2D eigenvalue weighted by molar-refractivity contribution is -0.133. The van der Waals surface area contributed by atoms with E-state index in [0.29, 0.717) is 12.3 Å². The quantitative estimate of drug-likeness (QED) is 0.783. The number of rotatable bonds is 7. The van der Waals surface area contributed by atoms with E-state index in [0.717, 1.165) is 44.6 Å². The van der Waals surface area contributed by atoms with Crippen LogP contribution in [0.3, 0.4) is 0 Å². The summed E-state index contributed by atoms with van der Waals surface area (Å²) >= 11 is 0. The summed E-state index contributed by atoms with van der Waals surface area (Å²) in [6.07, 6.45) is 2.40. The molecule has 24 heavy (non-hydrogen) atoms. The van der Waals surface area contributed by atoms with Crippen LogP contribution in [0.1, 0.15) is 25.3 Å². The van der Waals surface area contributed by atoms with Crippen molar-refractivity contribution >= 4 is 24.2 Å². The van der Waals surface area contributed by atoms with Crippen molar-refractivity contribution in [3.8, 4) is 0 Å². The van der Waals surface area contributed by atoms with Crippen molar-refractivity contribution in [3.63, 3.8) is 0 Å². The van der Waals surface area contributed by atoms with Crippen molar-refractivity contribution in [2.24, 2.45) is 5.92 Å². The molecule has 2 rings (SSSR count). The summed E-state index contributed by atoms with van der Waals surface area (Å²) in [7, 11) is 0. The fourth-order valence-electron chi connectivity index (χ4n) is 2.86. The molecule has 0 atom stereocenters. The number of amides is 2. The summed E-state index contributed by atoms with van der Waals surface area (Å²) < 4.78 is 0. The molecule has 0 radical (unpaired) electrons. The number of nitrogens with zero attached hydrogens (tertiary/aromatic N) is 1. The van der Waals surface area contributed by atoms with E-state index in [-0.39, 0.29) is 30.8 Å². The zero-order chi connectivity index (χ0) is 16.5. The molecule has 6 heteroatoms. The number of halogens is 1. The first-order valence-corrected chi connectivity index (χ1v) is 8.48. The first-order chi connectivity index (χ1) is 11.2. The van der Waals surface area contributed by atoms with Gasteiger partial charge in [0.1, 0.15) is 0 Å². The molecule has 2 N–H and O–H groups in total. The molecule has 1 heterocycles. The lowest BCUT2D eigenvalue weighted by Crippen LogP contribution is -2.45. The first-order valence-electron chi connectivity index (χ1n) is 8.48. The maximum Gasteiger partial charge on any atom is 0.241 e. The Kier molecular flexibility index (Phi) is 9.42. The molecule has 0 unspecified atom stereocenters. The third-order valence-electron chi connectivity index (χ3n) is 4.29. The van der Waals surface area contributed by atoms with Gasteiger partial charge in [0.25, 0.3) is 0 Å². The number of piperidine rings is 1. The Bertz CT molecular complexity index is 502.